The van der Waals surface area contributed by atoms with Gasteiger partial charge in [-0.15, -0.1) is 0 Å². The second kappa shape index (κ2) is 16.6. The third kappa shape index (κ3) is 17.9. The van der Waals surface area contributed by atoms with Gasteiger partial charge < -0.3 is 14.9 Å². The summed E-state index contributed by atoms with van der Waals surface area (Å²) in [5, 5.41) is 10.2. The summed E-state index contributed by atoms with van der Waals surface area (Å²) >= 11 is 0. The number of hydrogen-bond donors (Lipinski definition) is 3. The molecule has 0 radical (unpaired) electrons. The van der Waals surface area contributed by atoms with Crippen molar-refractivity contribution < 1.29 is 24.0 Å². The van der Waals surface area contributed by atoms with E-state index < -0.39 is 19.3 Å². The average molecular weight is 421 g/mol. The maximum absolute atomic E-state index is 10.8. The number of allylic oxidation sites excluding steroid dienone is 1. The first-order valence-electron chi connectivity index (χ1n) is 11.2. The molecular weight excluding hydrogens is 375 g/mol. The predicted molar refractivity (Wildman–Crippen MR) is 117 cm³/mol. The summed E-state index contributed by atoms with van der Waals surface area (Å²) in [6, 6.07) is 0. The Labute approximate surface area is 173 Å². The van der Waals surface area contributed by atoms with E-state index in [1.54, 1.807) is 19.9 Å². The predicted octanol–water partition coefficient (Wildman–Crippen LogP) is 6.52. The van der Waals surface area contributed by atoms with Crippen molar-refractivity contribution in [1.82, 2.24) is 0 Å². The molecule has 0 bridgehead atoms. The van der Waals surface area contributed by atoms with Crippen LogP contribution in [0.5, 0.6) is 0 Å². The number of aliphatic hydroxyl groups is 1. The highest BCUT2D eigenvalue weighted by molar-refractivity contribution is 7.46. The van der Waals surface area contributed by atoms with E-state index in [1.165, 1.54) is 77.0 Å². The van der Waals surface area contributed by atoms with Crippen molar-refractivity contribution in [2.24, 2.45) is 5.41 Å². The zero-order valence-electron chi connectivity index (χ0n) is 18.4. The molecular formula is C22H45O5P. The van der Waals surface area contributed by atoms with Crippen LogP contribution in [0.4, 0.5) is 0 Å². The Morgan fingerprint density at radius 3 is 1.71 bits per heavy atom. The molecule has 0 aromatic carbocycles. The van der Waals surface area contributed by atoms with Crippen LogP contribution in [0.25, 0.3) is 0 Å². The summed E-state index contributed by atoms with van der Waals surface area (Å²) in [6.45, 7) is 5.52. The summed E-state index contributed by atoms with van der Waals surface area (Å²) in [4.78, 5) is 17.5. The molecule has 0 amide bonds. The lowest BCUT2D eigenvalue weighted by atomic mass is 9.87. The summed E-state index contributed by atoms with van der Waals surface area (Å²) in [5.41, 5.74) is -0.742. The summed E-state index contributed by atoms with van der Waals surface area (Å²) < 4.78 is 15.3. The van der Waals surface area contributed by atoms with E-state index in [1.807, 2.05) is 6.08 Å². The minimum Gasteiger partial charge on any atom is -0.388 e. The van der Waals surface area contributed by atoms with E-state index in [-0.39, 0.29) is 6.61 Å². The molecule has 0 saturated heterocycles. The number of unbranched alkanes of at least 4 members (excludes halogenated alkanes) is 13. The first-order valence-corrected chi connectivity index (χ1v) is 12.8. The Morgan fingerprint density at radius 2 is 1.29 bits per heavy atom. The van der Waals surface area contributed by atoms with E-state index in [2.05, 4.69) is 11.4 Å². The number of phosphoric acid groups is 1. The van der Waals surface area contributed by atoms with Crippen molar-refractivity contribution >= 4 is 7.82 Å². The molecule has 0 fully saturated rings. The molecule has 3 N–H and O–H groups in total. The van der Waals surface area contributed by atoms with E-state index >= 15 is 0 Å². The molecule has 1 atom stereocenters. The topological polar surface area (TPSA) is 87.0 Å². The fourth-order valence-electron chi connectivity index (χ4n) is 3.10. The zero-order valence-corrected chi connectivity index (χ0v) is 19.3. The van der Waals surface area contributed by atoms with Crippen LogP contribution in [0.3, 0.4) is 0 Å². The van der Waals surface area contributed by atoms with Gasteiger partial charge in [-0.25, -0.2) is 4.57 Å². The molecule has 0 unspecified atom stereocenters. The number of hydrogen-bond acceptors (Lipinski definition) is 3. The highest BCUT2D eigenvalue weighted by Gasteiger charge is 2.29. The molecule has 0 aromatic heterocycles. The standard InChI is InChI=1S/C22H45O5P/c1-4-5-6-7-8-9-10-11-12-13-14-15-16-17-18-19-21(23)22(2,3)20-27-28(24,25)26/h18-19,21,23H,4-17,20H2,1-3H3,(H2,24,25,26)/b19-18+/t21-/m1/s1. The molecule has 6 heteroatoms. The molecule has 168 valence electrons. The average Bonchev–Trinajstić information content (AvgIpc) is 2.62. The van der Waals surface area contributed by atoms with E-state index in [0.717, 1.165) is 12.8 Å². The lowest BCUT2D eigenvalue weighted by Gasteiger charge is -2.28. The van der Waals surface area contributed by atoms with E-state index in [4.69, 9.17) is 9.79 Å². The minimum absolute atomic E-state index is 0.193. The molecule has 0 heterocycles. The molecule has 0 aromatic rings. The van der Waals surface area contributed by atoms with Gasteiger partial charge in [0.05, 0.1) is 12.7 Å². The molecule has 0 aliphatic carbocycles. The molecule has 0 rings (SSSR count). The number of rotatable bonds is 19. The van der Waals surface area contributed by atoms with Gasteiger partial charge in [-0.1, -0.05) is 110 Å². The zero-order chi connectivity index (χ0) is 21.3. The fourth-order valence-corrected chi connectivity index (χ4v) is 3.60. The fraction of sp³-hybridized carbons (Fsp3) is 0.909. The van der Waals surface area contributed by atoms with Gasteiger partial charge in [0.15, 0.2) is 0 Å². The van der Waals surface area contributed by atoms with E-state index in [0.29, 0.717) is 0 Å². The second-order valence-corrected chi connectivity index (χ2v) is 9.90. The van der Waals surface area contributed by atoms with Crippen molar-refractivity contribution in [3.05, 3.63) is 12.2 Å². The van der Waals surface area contributed by atoms with Crippen LogP contribution in [-0.4, -0.2) is 27.6 Å². The molecule has 0 aliphatic heterocycles. The molecule has 0 spiro atoms. The smallest absolute Gasteiger partial charge is 0.388 e. The normalized spacial score (nSPS) is 14.1. The SMILES string of the molecule is CCCCCCCCCCCCCCC/C=C/[C@@H](O)C(C)(C)COP(=O)(O)O. The Balaban J connectivity index is 3.55. The van der Waals surface area contributed by atoms with Gasteiger partial charge in [-0.05, 0) is 12.8 Å². The third-order valence-corrected chi connectivity index (χ3v) is 5.66. The van der Waals surface area contributed by atoms with Gasteiger partial charge in [0.25, 0.3) is 0 Å². The highest BCUT2D eigenvalue weighted by Crippen LogP contribution is 2.39. The Morgan fingerprint density at radius 1 is 0.857 bits per heavy atom. The van der Waals surface area contributed by atoms with E-state index in [9.17, 15) is 9.67 Å². The first-order chi connectivity index (χ1) is 13.2. The monoisotopic (exact) mass is 420 g/mol. The molecule has 0 saturated carbocycles. The third-order valence-electron chi connectivity index (χ3n) is 5.20. The Bertz CT molecular complexity index is 431. The van der Waals surface area contributed by atoms with Crippen molar-refractivity contribution in [2.45, 2.75) is 117 Å². The van der Waals surface area contributed by atoms with Crippen LogP contribution in [0, 0.1) is 5.41 Å². The lowest BCUT2D eigenvalue weighted by Crippen LogP contribution is -2.32. The van der Waals surface area contributed by atoms with Crippen molar-refractivity contribution in [3.63, 3.8) is 0 Å². The quantitative estimate of drug-likeness (QED) is 0.126. The van der Waals surface area contributed by atoms with Gasteiger partial charge in [-0.2, -0.15) is 0 Å². The molecule has 28 heavy (non-hydrogen) atoms. The van der Waals surface area contributed by atoms with Crippen LogP contribution >= 0.6 is 7.82 Å². The van der Waals surface area contributed by atoms with Gasteiger partial charge in [0.2, 0.25) is 0 Å². The van der Waals surface area contributed by atoms with Crippen LogP contribution in [-0.2, 0) is 9.09 Å². The van der Waals surface area contributed by atoms with Crippen LogP contribution in [0.2, 0.25) is 0 Å². The van der Waals surface area contributed by atoms with Crippen LogP contribution < -0.4 is 0 Å². The Hall–Kier alpha value is -0.190. The molecule has 5 nitrogen and oxygen atoms in total. The van der Waals surface area contributed by atoms with Crippen LogP contribution in [0.1, 0.15) is 111 Å². The highest BCUT2D eigenvalue weighted by atomic mass is 31.2. The second-order valence-electron chi connectivity index (χ2n) is 8.66. The number of phosphoric ester groups is 1. The summed E-state index contributed by atoms with van der Waals surface area (Å²) in [7, 11) is -4.50. The van der Waals surface area contributed by atoms with Gasteiger partial charge in [0.1, 0.15) is 0 Å². The van der Waals surface area contributed by atoms with Crippen molar-refractivity contribution in [2.75, 3.05) is 6.61 Å². The lowest BCUT2D eigenvalue weighted by molar-refractivity contribution is 0.0355. The first kappa shape index (κ1) is 27.8. The largest absolute Gasteiger partial charge is 0.469 e. The van der Waals surface area contributed by atoms with Crippen molar-refractivity contribution in [1.29, 1.82) is 0 Å². The maximum Gasteiger partial charge on any atom is 0.469 e. The van der Waals surface area contributed by atoms with Crippen molar-refractivity contribution in [3.8, 4) is 0 Å². The van der Waals surface area contributed by atoms with Gasteiger partial charge in [-0.3, -0.25) is 4.52 Å². The maximum atomic E-state index is 10.8. The number of aliphatic hydroxyl groups excluding tert-OH is 1. The summed E-state index contributed by atoms with van der Waals surface area (Å²) in [6.07, 6.45) is 21.1. The molecule has 0 aliphatic rings. The minimum atomic E-state index is -4.50. The van der Waals surface area contributed by atoms with Crippen LogP contribution in [0.15, 0.2) is 12.2 Å². The Kier molecular flexibility index (Phi) is 16.5. The van der Waals surface area contributed by atoms with Gasteiger partial charge >= 0.3 is 7.82 Å². The summed E-state index contributed by atoms with van der Waals surface area (Å²) in [5.74, 6) is 0. The van der Waals surface area contributed by atoms with Gasteiger partial charge in [0, 0.05) is 5.41 Å².